The number of rotatable bonds is 4. The van der Waals surface area contributed by atoms with Gasteiger partial charge in [-0.2, -0.15) is 0 Å². The molecule has 4 rings (SSSR count). The summed E-state index contributed by atoms with van der Waals surface area (Å²) in [5, 5.41) is 0. The van der Waals surface area contributed by atoms with E-state index in [-0.39, 0.29) is 11.8 Å². The van der Waals surface area contributed by atoms with Crippen LogP contribution in [0.3, 0.4) is 0 Å². The Kier molecular flexibility index (Phi) is 3.80. The van der Waals surface area contributed by atoms with E-state index < -0.39 is 0 Å². The minimum atomic E-state index is 0.0579. The number of H-pyrrole nitrogens is 1. The van der Waals surface area contributed by atoms with E-state index in [1.54, 1.807) is 6.33 Å². The number of aryl methyl sites for hydroxylation is 1. The molecule has 1 aliphatic carbocycles. The van der Waals surface area contributed by atoms with Crippen LogP contribution in [0.2, 0.25) is 0 Å². The van der Waals surface area contributed by atoms with Crippen LogP contribution in [0.4, 0.5) is 0 Å². The van der Waals surface area contributed by atoms with Crippen LogP contribution in [0.1, 0.15) is 17.8 Å². The molecule has 0 bridgehead atoms. The third kappa shape index (κ3) is 2.68. The number of aromatic nitrogens is 4. The number of imidazole rings is 2. The molecule has 2 heterocycles. The van der Waals surface area contributed by atoms with Gasteiger partial charge < -0.3 is 14.5 Å². The zero-order chi connectivity index (χ0) is 16.5. The van der Waals surface area contributed by atoms with Gasteiger partial charge >= 0.3 is 0 Å². The molecule has 6 heteroatoms. The SMILES string of the molecule is CN(CCn1cnc2ccccc21)C(=O)C1CCc2nc[nH]c2C1. The number of nitrogens with one attached hydrogen (secondary N) is 1. The summed E-state index contributed by atoms with van der Waals surface area (Å²) in [5.41, 5.74) is 4.34. The fourth-order valence-corrected chi connectivity index (χ4v) is 3.48. The average Bonchev–Trinajstić information content (AvgIpc) is 3.25. The number of fused-ring (bicyclic) bond motifs is 2. The van der Waals surface area contributed by atoms with Gasteiger partial charge in [0.1, 0.15) is 0 Å². The van der Waals surface area contributed by atoms with Crippen molar-refractivity contribution in [3.8, 4) is 0 Å². The van der Waals surface area contributed by atoms with E-state index >= 15 is 0 Å². The van der Waals surface area contributed by atoms with Crippen molar-refractivity contribution in [2.75, 3.05) is 13.6 Å². The molecule has 1 N–H and O–H groups in total. The van der Waals surface area contributed by atoms with Crippen molar-refractivity contribution >= 4 is 16.9 Å². The van der Waals surface area contributed by atoms with Crippen molar-refractivity contribution in [3.05, 3.63) is 48.3 Å². The molecule has 6 nitrogen and oxygen atoms in total. The third-order valence-electron chi connectivity index (χ3n) is 4.92. The Morgan fingerprint density at radius 2 is 2.25 bits per heavy atom. The fourth-order valence-electron chi connectivity index (χ4n) is 3.48. The maximum Gasteiger partial charge on any atom is 0.225 e. The smallest absolute Gasteiger partial charge is 0.225 e. The van der Waals surface area contributed by atoms with Crippen molar-refractivity contribution in [3.63, 3.8) is 0 Å². The molecule has 0 aliphatic heterocycles. The molecule has 1 aromatic carbocycles. The van der Waals surface area contributed by atoms with Crippen LogP contribution in [0, 0.1) is 5.92 Å². The Balaban J connectivity index is 1.39. The zero-order valence-electron chi connectivity index (χ0n) is 13.8. The van der Waals surface area contributed by atoms with Crippen LogP contribution in [0.5, 0.6) is 0 Å². The van der Waals surface area contributed by atoms with Gasteiger partial charge in [-0.1, -0.05) is 12.1 Å². The van der Waals surface area contributed by atoms with Crippen molar-refractivity contribution in [1.82, 2.24) is 24.4 Å². The molecule has 1 atom stereocenters. The summed E-state index contributed by atoms with van der Waals surface area (Å²) in [6, 6.07) is 8.07. The summed E-state index contributed by atoms with van der Waals surface area (Å²) in [5.74, 6) is 0.280. The minimum Gasteiger partial charge on any atom is -0.348 e. The quantitative estimate of drug-likeness (QED) is 0.799. The van der Waals surface area contributed by atoms with E-state index in [4.69, 9.17) is 0 Å². The van der Waals surface area contributed by atoms with E-state index in [1.165, 1.54) is 0 Å². The average molecular weight is 323 g/mol. The lowest BCUT2D eigenvalue weighted by Gasteiger charge is -2.26. The topological polar surface area (TPSA) is 66.8 Å². The molecule has 24 heavy (non-hydrogen) atoms. The van der Waals surface area contributed by atoms with Crippen molar-refractivity contribution in [2.45, 2.75) is 25.8 Å². The van der Waals surface area contributed by atoms with Gasteiger partial charge in [0, 0.05) is 38.2 Å². The second-order valence-electron chi connectivity index (χ2n) is 6.45. The molecule has 0 spiro atoms. The van der Waals surface area contributed by atoms with Gasteiger partial charge in [0.05, 0.1) is 29.4 Å². The Morgan fingerprint density at radius 1 is 1.38 bits per heavy atom. The van der Waals surface area contributed by atoms with Gasteiger partial charge in [-0.3, -0.25) is 4.79 Å². The number of carbonyl (C=O) groups excluding carboxylic acids is 1. The van der Waals surface area contributed by atoms with E-state index in [2.05, 4.69) is 25.6 Å². The number of para-hydroxylation sites is 2. The van der Waals surface area contributed by atoms with Crippen molar-refractivity contribution in [2.24, 2.45) is 5.92 Å². The second-order valence-corrected chi connectivity index (χ2v) is 6.45. The molecule has 2 aromatic heterocycles. The van der Waals surface area contributed by atoms with Crippen molar-refractivity contribution in [1.29, 1.82) is 0 Å². The number of nitrogens with zero attached hydrogens (tertiary/aromatic N) is 4. The maximum absolute atomic E-state index is 12.7. The maximum atomic E-state index is 12.7. The Bertz CT molecular complexity index is 865. The van der Waals surface area contributed by atoms with Crippen molar-refractivity contribution < 1.29 is 4.79 Å². The zero-order valence-corrected chi connectivity index (χ0v) is 13.8. The molecule has 0 saturated heterocycles. The first-order valence-corrected chi connectivity index (χ1v) is 8.38. The predicted molar refractivity (Wildman–Crippen MR) is 91.5 cm³/mol. The molecular formula is C18H21N5O. The van der Waals surface area contributed by atoms with Gasteiger partial charge in [-0.05, 0) is 25.0 Å². The van der Waals surface area contributed by atoms with Crippen LogP contribution < -0.4 is 0 Å². The Labute approximate surface area is 140 Å². The number of likely N-dealkylation sites (N-methyl/N-ethyl adjacent to an activating group) is 1. The Morgan fingerprint density at radius 3 is 3.17 bits per heavy atom. The monoisotopic (exact) mass is 323 g/mol. The first-order chi connectivity index (χ1) is 11.7. The highest BCUT2D eigenvalue weighted by molar-refractivity contribution is 5.79. The highest BCUT2D eigenvalue weighted by atomic mass is 16.2. The number of benzene rings is 1. The van der Waals surface area contributed by atoms with E-state index in [9.17, 15) is 4.79 Å². The first kappa shape index (κ1) is 14.9. The molecule has 1 amide bonds. The molecule has 124 valence electrons. The highest BCUT2D eigenvalue weighted by Gasteiger charge is 2.28. The first-order valence-electron chi connectivity index (χ1n) is 8.38. The lowest BCUT2D eigenvalue weighted by molar-refractivity contribution is -0.134. The van der Waals surface area contributed by atoms with Crippen LogP contribution in [-0.2, 0) is 24.2 Å². The summed E-state index contributed by atoms with van der Waals surface area (Å²) in [7, 11) is 1.89. The minimum absolute atomic E-state index is 0.0579. The number of amides is 1. The summed E-state index contributed by atoms with van der Waals surface area (Å²) >= 11 is 0. The van der Waals surface area contributed by atoms with E-state index in [0.717, 1.165) is 48.2 Å². The molecule has 3 aromatic rings. The van der Waals surface area contributed by atoms with E-state index in [1.807, 2.05) is 36.5 Å². The molecule has 1 aliphatic rings. The molecular weight excluding hydrogens is 302 g/mol. The summed E-state index contributed by atoms with van der Waals surface area (Å²) in [4.78, 5) is 26.4. The number of carbonyl (C=O) groups is 1. The highest BCUT2D eigenvalue weighted by Crippen LogP contribution is 2.24. The summed E-state index contributed by atoms with van der Waals surface area (Å²) in [6.07, 6.45) is 6.11. The predicted octanol–water partition coefficient (Wildman–Crippen LogP) is 2.02. The molecule has 0 radical (unpaired) electrons. The van der Waals surface area contributed by atoms with Crippen LogP contribution >= 0.6 is 0 Å². The molecule has 0 saturated carbocycles. The lowest BCUT2D eigenvalue weighted by Crippen LogP contribution is -2.37. The Hall–Kier alpha value is -2.63. The fraction of sp³-hybridized carbons (Fsp3) is 0.389. The molecule has 0 fully saturated rings. The number of hydrogen-bond acceptors (Lipinski definition) is 3. The second kappa shape index (κ2) is 6.11. The van der Waals surface area contributed by atoms with Crippen LogP contribution in [-0.4, -0.2) is 43.9 Å². The van der Waals surface area contributed by atoms with Gasteiger partial charge in [-0.25, -0.2) is 9.97 Å². The number of aromatic amines is 1. The van der Waals surface area contributed by atoms with Gasteiger partial charge in [0.15, 0.2) is 0 Å². The largest absolute Gasteiger partial charge is 0.348 e. The standard InChI is InChI=1S/C18H21N5O/c1-22(8-9-23-12-21-15-4-2-3-5-17(15)23)18(24)13-6-7-14-16(10-13)20-11-19-14/h2-5,11-13H,6-10H2,1H3,(H,19,20). The third-order valence-corrected chi connectivity index (χ3v) is 4.92. The normalized spacial score (nSPS) is 17.0. The summed E-state index contributed by atoms with van der Waals surface area (Å²) < 4.78 is 2.10. The lowest BCUT2D eigenvalue weighted by atomic mass is 9.89. The summed E-state index contributed by atoms with van der Waals surface area (Å²) in [6.45, 7) is 1.44. The van der Waals surface area contributed by atoms with Crippen LogP contribution in [0.15, 0.2) is 36.9 Å². The number of hydrogen-bond donors (Lipinski definition) is 1. The molecule has 1 unspecified atom stereocenters. The van der Waals surface area contributed by atoms with Gasteiger partial charge in [-0.15, -0.1) is 0 Å². The van der Waals surface area contributed by atoms with Gasteiger partial charge in [0.25, 0.3) is 0 Å². The van der Waals surface area contributed by atoms with Crippen LogP contribution in [0.25, 0.3) is 11.0 Å². The van der Waals surface area contributed by atoms with E-state index in [0.29, 0.717) is 6.54 Å². The van der Waals surface area contributed by atoms with Gasteiger partial charge in [0.2, 0.25) is 5.91 Å².